The summed E-state index contributed by atoms with van der Waals surface area (Å²) in [5, 5.41) is 8.63. The minimum absolute atomic E-state index is 0.553. The van der Waals surface area contributed by atoms with Crippen molar-refractivity contribution in [3.8, 4) is 0 Å². The van der Waals surface area contributed by atoms with Gasteiger partial charge in [-0.05, 0) is 44.6 Å². The van der Waals surface area contributed by atoms with E-state index in [2.05, 4.69) is 33.8 Å². The molecule has 1 aromatic heterocycles. The number of nitrogens with one attached hydrogen (secondary N) is 2. The van der Waals surface area contributed by atoms with Gasteiger partial charge in [-0.15, -0.1) is 0 Å². The summed E-state index contributed by atoms with van der Waals surface area (Å²) >= 11 is 3.60. The lowest BCUT2D eigenvalue weighted by Gasteiger charge is -2.28. The minimum Gasteiger partial charge on any atom is -0.370 e. The number of anilines is 2. The third kappa shape index (κ3) is 5.25. The van der Waals surface area contributed by atoms with E-state index in [4.69, 9.17) is 0 Å². The molecule has 0 aliphatic heterocycles. The predicted molar refractivity (Wildman–Crippen MR) is 95.8 cm³/mol. The van der Waals surface area contributed by atoms with Crippen molar-refractivity contribution in [3.05, 3.63) is 6.07 Å². The molecule has 0 atom stereocenters. The Morgan fingerprint density at radius 2 is 1.86 bits per heavy atom. The van der Waals surface area contributed by atoms with Crippen LogP contribution >= 0.6 is 23.5 Å². The van der Waals surface area contributed by atoms with Crippen LogP contribution in [0, 0.1) is 0 Å². The van der Waals surface area contributed by atoms with E-state index >= 15 is 0 Å². The highest BCUT2D eigenvalue weighted by atomic mass is 32.2. The Labute approximate surface area is 136 Å². The first-order valence-corrected chi connectivity index (χ1v) is 10.2. The molecule has 0 spiro atoms. The highest BCUT2D eigenvalue weighted by Gasteiger charge is 2.20. The van der Waals surface area contributed by atoms with Crippen LogP contribution in [0.4, 0.5) is 11.6 Å². The first-order valence-electron chi connectivity index (χ1n) is 7.71. The maximum absolute atomic E-state index is 4.59. The second kappa shape index (κ2) is 8.73. The summed E-state index contributed by atoms with van der Waals surface area (Å²) in [5.74, 6) is 1.89. The molecule has 0 saturated heterocycles. The van der Waals surface area contributed by atoms with Crippen LogP contribution in [0.5, 0.6) is 0 Å². The molecule has 2 N–H and O–H groups in total. The molecule has 118 valence electrons. The number of nitrogens with zero attached hydrogens (tertiary/aromatic N) is 2. The number of hydrogen-bond acceptors (Lipinski definition) is 6. The van der Waals surface area contributed by atoms with Crippen molar-refractivity contribution >= 4 is 35.2 Å². The fourth-order valence-corrected chi connectivity index (χ4v) is 3.71. The third-order valence-electron chi connectivity index (χ3n) is 3.80. The van der Waals surface area contributed by atoms with Crippen LogP contribution in [0.3, 0.4) is 0 Å². The maximum Gasteiger partial charge on any atom is 0.191 e. The van der Waals surface area contributed by atoms with Crippen LogP contribution in [0.1, 0.15) is 39.0 Å². The molecule has 6 heteroatoms. The van der Waals surface area contributed by atoms with E-state index in [0.717, 1.165) is 35.0 Å². The van der Waals surface area contributed by atoms with E-state index in [-0.39, 0.29) is 0 Å². The quantitative estimate of drug-likeness (QED) is 0.581. The molecule has 1 aliphatic rings. The van der Waals surface area contributed by atoms with Gasteiger partial charge in [-0.2, -0.15) is 11.8 Å². The van der Waals surface area contributed by atoms with Crippen molar-refractivity contribution in [2.45, 2.75) is 55.5 Å². The third-order valence-corrected chi connectivity index (χ3v) is 5.49. The molecule has 1 fully saturated rings. The SMILES string of the molecule is CCCNc1cc(NC2CCC(SC)CC2)nc(SC)n1. The molecule has 2 rings (SSSR count). The van der Waals surface area contributed by atoms with E-state index in [1.165, 1.54) is 25.7 Å². The van der Waals surface area contributed by atoms with E-state index in [1.54, 1.807) is 11.8 Å². The van der Waals surface area contributed by atoms with Gasteiger partial charge < -0.3 is 10.6 Å². The van der Waals surface area contributed by atoms with Crippen molar-refractivity contribution in [2.75, 3.05) is 29.7 Å². The maximum atomic E-state index is 4.59. The summed E-state index contributed by atoms with van der Waals surface area (Å²) in [6.45, 7) is 3.11. The Kier molecular flexibility index (Phi) is 6.96. The second-order valence-corrected chi connectivity index (χ2v) is 7.32. The summed E-state index contributed by atoms with van der Waals surface area (Å²) in [7, 11) is 0. The van der Waals surface area contributed by atoms with Crippen LogP contribution < -0.4 is 10.6 Å². The Bertz CT molecular complexity index is 434. The molecule has 1 aliphatic carbocycles. The number of aromatic nitrogens is 2. The molecule has 1 aromatic rings. The van der Waals surface area contributed by atoms with Gasteiger partial charge in [0, 0.05) is 23.9 Å². The van der Waals surface area contributed by atoms with Gasteiger partial charge in [0.05, 0.1) is 0 Å². The fraction of sp³-hybridized carbons (Fsp3) is 0.733. The number of rotatable bonds is 7. The first-order chi connectivity index (χ1) is 10.2. The molecule has 21 heavy (non-hydrogen) atoms. The van der Waals surface area contributed by atoms with Crippen LogP contribution in [0.15, 0.2) is 11.2 Å². The molecule has 0 bridgehead atoms. The molecule has 1 heterocycles. The summed E-state index contributed by atoms with van der Waals surface area (Å²) < 4.78 is 0. The normalized spacial score (nSPS) is 22.0. The van der Waals surface area contributed by atoms with Gasteiger partial charge in [0.2, 0.25) is 0 Å². The van der Waals surface area contributed by atoms with Gasteiger partial charge in [0.1, 0.15) is 11.6 Å². The van der Waals surface area contributed by atoms with Crippen LogP contribution in [0.2, 0.25) is 0 Å². The van der Waals surface area contributed by atoms with E-state index in [0.29, 0.717) is 6.04 Å². The summed E-state index contributed by atoms with van der Waals surface area (Å²) in [6, 6.07) is 2.59. The average molecular weight is 327 g/mol. The molecule has 0 radical (unpaired) electrons. The molecule has 0 unspecified atom stereocenters. The summed E-state index contributed by atoms with van der Waals surface area (Å²) in [6.07, 6.45) is 10.4. The molecule has 0 amide bonds. The molecule has 0 aromatic carbocycles. The lowest BCUT2D eigenvalue weighted by molar-refractivity contribution is 0.472. The average Bonchev–Trinajstić information content (AvgIpc) is 2.53. The van der Waals surface area contributed by atoms with Crippen LogP contribution in [-0.4, -0.2) is 40.3 Å². The molecular weight excluding hydrogens is 300 g/mol. The number of thioether (sulfide) groups is 2. The monoisotopic (exact) mass is 326 g/mol. The van der Waals surface area contributed by atoms with Gasteiger partial charge in [-0.25, -0.2) is 9.97 Å². The zero-order chi connectivity index (χ0) is 15.1. The zero-order valence-corrected chi connectivity index (χ0v) is 14.8. The highest BCUT2D eigenvalue weighted by Crippen LogP contribution is 2.29. The smallest absolute Gasteiger partial charge is 0.191 e. The minimum atomic E-state index is 0.553. The topological polar surface area (TPSA) is 49.8 Å². The Morgan fingerprint density at radius 3 is 2.48 bits per heavy atom. The largest absolute Gasteiger partial charge is 0.370 e. The van der Waals surface area contributed by atoms with Crippen LogP contribution in [0.25, 0.3) is 0 Å². The van der Waals surface area contributed by atoms with Crippen LogP contribution in [-0.2, 0) is 0 Å². The highest BCUT2D eigenvalue weighted by molar-refractivity contribution is 7.99. The van der Waals surface area contributed by atoms with Crippen molar-refractivity contribution in [1.82, 2.24) is 9.97 Å². The standard InChI is InChI=1S/C15H26N4S2/c1-4-9-16-13-10-14(19-15(18-13)21-3)17-11-5-7-12(20-2)8-6-11/h10-12H,4-9H2,1-3H3,(H2,16,17,18,19). The van der Waals surface area contributed by atoms with Crippen molar-refractivity contribution in [3.63, 3.8) is 0 Å². The molecule has 1 saturated carbocycles. The first kappa shape index (κ1) is 16.7. The van der Waals surface area contributed by atoms with Crippen molar-refractivity contribution in [1.29, 1.82) is 0 Å². The van der Waals surface area contributed by atoms with Gasteiger partial charge >= 0.3 is 0 Å². The molecular formula is C15H26N4S2. The fourth-order valence-electron chi connectivity index (χ4n) is 2.59. The lowest BCUT2D eigenvalue weighted by Crippen LogP contribution is -2.27. The number of hydrogen-bond donors (Lipinski definition) is 2. The summed E-state index contributed by atoms with van der Waals surface area (Å²) in [5.41, 5.74) is 0. The van der Waals surface area contributed by atoms with E-state index < -0.39 is 0 Å². The summed E-state index contributed by atoms with van der Waals surface area (Å²) in [4.78, 5) is 9.09. The Balaban J connectivity index is 1.98. The second-order valence-electron chi connectivity index (χ2n) is 5.41. The van der Waals surface area contributed by atoms with Crippen molar-refractivity contribution < 1.29 is 0 Å². The van der Waals surface area contributed by atoms with E-state index in [9.17, 15) is 0 Å². The molecule has 4 nitrogen and oxygen atoms in total. The lowest BCUT2D eigenvalue weighted by atomic mass is 9.95. The van der Waals surface area contributed by atoms with Gasteiger partial charge in [-0.1, -0.05) is 18.7 Å². The van der Waals surface area contributed by atoms with Crippen molar-refractivity contribution in [2.24, 2.45) is 0 Å². The van der Waals surface area contributed by atoms with Gasteiger partial charge in [0.15, 0.2) is 5.16 Å². The Morgan fingerprint density at radius 1 is 1.14 bits per heavy atom. The zero-order valence-electron chi connectivity index (χ0n) is 13.2. The van der Waals surface area contributed by atoms with E-state index in [1.807, 2.05) is 24.1 Å². The Hall–Kier alpha value is -0.620. The van der Waals surface area contributed by atoms with Gasteiger partial charge in [0.25, 0.3) is 0 Å². The van der Waals surface area contributed by atoms with Gasteiger partial charge in [-0.3, -0.25) is 0 Å². The predicted octanol–water partition coefficient (Wildman–Crippen LogP) is 4.11.